The summed E-state index contributed by atoms with van der Waals surface area (Å²) in [6.07, 6.45) is 0. The van der Waals surface area contributed by atoms with Crippen LogP contribution < -0.4 is 0 Å². The van der Waals surface area contributed by atoms with Crippen molar-refractivity contribution in [2.24, 2.45) is 0 Å². The zero-order chi connectivity index (χ0) is 11.7. The summed E-state index contributed by atoms with van der Waals surface area (Å²) in [6, 6.07) is 17.2. The van der Waals surface area contributed by atoms with E-state index in [1.54, 1.807) is 0 Å². The predicted molar refractivity (Wildman–Crippen MR) is 68.9 cm³/mol. The topological polar surface area (TPSA) is 9.23 Å². The highest BCUT2D eigenvalue weighted by Crippen LogP contribution is 2.32. The van der Waals surface area contributed by atoms with E-state index in [0.717, 1.165) is 13.2 Å². The first kappa shape index (κ1) is 10.5. The Bertz CT molecular complexity index is 483. The third-order valence-electron chi connectivity index (χ3n) is 3.56. The van der Waals surface area contributed by atoms with E-state index >= 15 is 0 Å². The number of rotatable bonds is 0. The van der Waals surface area contributed by atoms with Crippen molar-refractivity contribution >= 4 is 0 Å². The number of benzene rings is 2. The molecule has 0 unspecified atom stereocenters. The summed E-state index contributed by atoms with van der Waals surface area (Å²) >= 11 is 0. The van der Waals surface area contributed by atoms with Crippen molar-refractivity contribution in [3.8, 4) is 0 Å². The Kier molecular flexibility index (Phi) is 2.69. The lowest BCUT2D eigenvalue weighted by atomic mass is 9.86. The maximum atomic E-state index is 5.78. The van der Waals surface area contributed by atoms with E-state index in [2.05, 4.69) is 55.5 Å². The van der Waals surface area contributed by atoms with E-state index in [1.165, 1.54) is 22.3 Å². The summed E-state index contributed by atoms with van der Waals surface area (Å²) in [5.74, 6) is 0.450. The number of ether oxygens (including phenoxy) is 1. The summed E-state index contributed by atoms with van der Waals surface area (Å²) in [6.45, 7) is 3.71. The molecule has 1 heteroatoms. The molecule has 1 nitrogen and oxygen atoms in total. The van der Waals surface area contributed by atoms with Gasteiger partial charge >= 0.3 is 0 Å². The lowest BCUT2D eigenvalue weighted by Gasteiger charge is -2.23. The Labute approximate surface area is 102 Å². The molecule has 1 aliphatic heterocycles. The first-order chi connectivity index (χ1) is 8.36. The van der Waals surface area contributed by atoms with E-state index in [-0.39, 0.29) is 0 Å². The molecule has 0 saturated carbocycles. The first-order valence-corrected chi connectivity index (χ1v) is 6.09. The zero-order valence-corrected chi connectivity index (χ0v) is 10.0. The van der Waals surface area contributed by atoms with E-state index in [9.17, 15) is 0 Å². The van der Waals surface area contributed by atoms with Crippen LogP contribution in [0.5, 0.6) is 0 Å². The molecule has 0 radical (unpaired) electrons. The molecule has 0 bridgehead atoms. The number of fused-ring (bicyclic) bond motifs is 2. The highest BCUT2D eigenvalue weighted by atomic mass is 16.5. The van der Waals surface area contributed by atoms with Gasteiger partial charge in [-0.05, 0) is 22.3 Å². The first-order valence-electron chi connectivity index (χ1n) is 6.09. The van der Waals surface area contributed by atoms with Gasteiger partial charge in [0.15, 0.2) is 0 Å². The molecule has 0 spiro atoms. The van der Waals surface area contributed by atoms with Gasteiger partial charge in [-0.25, -0.2) is 0 Å². The van der Waals surface area contributed by atoms with Crippen LogP contribution >= 0.6 is 0 Å². The predicted octanol–water partition coefficient (Wildman–Crippen LogP) is 3.87. The van der Waals surface area contributed by atoms with Crippen LogP contribution in [0, 0.1) is 0 Å². The fourth-order valence-corrected chi connectivity index (χ4v) is 2.61. The molecule has 17 heavy (non-hydrogen) atoms. The second-order valence-electron chi connectivity index (χ2n) is 4.61. The SMILES string of the molecule is CC1c2ccccc2COCc2ccccc21. The van der Waals surface area contributed by atoms with Gasteiger partial charge in [-0.1, -0.05) is 55.5 Å². The van der Waals surface area contributed by atoms with Crippen LogP contribution in [0.25, 0.3) is 0 Å². The normalized spacial score (nSPS) is 15.6. The van der Waals surface area contributed by atoms with Crippen molar-refractivity contribution in [2.75, 3.05) is 0 Å². The molecule has 86 valence electrons. The van der Waals surface area contributed by atoms with E-state index in [4.69, 9.17) is 4.74 Å². The van der Waals surface area contributed by atoms with Gasteiger partial charge in [0.25, 0.3) is 0 Å². The van der Waals surface area contributed by atoms with Crippen molar-refractivity contribution in [3.63, 3.8) is 0 Å². The van der Waals surface area contributed by atoms with Crippen LogP contribution in [0.15, 0.2) is 48.5 Å². The standard InChI is InChI=1S/C16H16O/c1-12-15-8-4-2-6-13(15)10-17-11-14-7-3-5-9-16(12)14/h2-9,12H,10-11H2,1H3. The number of hydrogen-bond donors (Lipinski definition) is 0. The molecule has 0 saturated heterocycles. The van der Waals surface area contributed by atoms with Gasteiger partial charge < -0.3 is 4.74 Å². The van der Waals surface area contributed by atoms with Crippen LogP contribution in [0.2, 0.25) is 0 Å². The van der Waals surface area contributed by atoms with Crippen LogP contribution in [0.1, 0.15) is 35.1 Å². The van der Waals surface area contributed by atoms with E-state index in [1.807, 2.05) is 0 Å². The summed E-state index contributed by atoms with van der Waals surface area (Å²) in [5, 5.41) is 0. The summed E-state index contributed by atoms with van der Waals surface area (Å²) in [7, 11) is 0. The zero-order valence-electron chi connectivity index (χ0n) is 10.0. The molecule has 3 rings (SSSR count). The summed E-state index contributed by atoms with van der Waals surface area (Å²) in [5.41, 5.74) is 5.41. The van der Waals surface area contributed by atoms with Crippen molar-refractivity contribution in [1.29, 1.82) is 0 Å². The minimum atomic E-state index is 0.450. The van der Waals surface area contributed by atoms with Gasteiger partial charge in [0, 0.05) is 5.92 Å². The molecule has 2 aromatic rings. The van der Waals surface area contributed by atoms with Gasteiger partial charge in [0.2, 0.25) is 0 Å². The maximum absolute atomic E-state index is 5.78. The van der Waals surface area contributed by atoms with Gasteiger partial charge in [0.05, 0.1) is 13.2 Å². The number of hydrogen-bond acceptors (Lipinski definition) is 1. The van der Waals surface area contributed by atoms with E-state index in [0.29, 0.717) is 5.92 Å². The Morgan fingerprint density at radius 2 is 1.29 bits per heavy atom. The van der Waals surface area contributed by atoms with Crippen molar-refractivity contribution in [1.82, 2.24) is 0 Å². The summed E-state index contributed by atoms with van der Waals surface area (Å²) < 4.78 is 5.78. The molecule has 0 fully saturated rings. The highest BCUT2D eigenvalue weighted by Gasteiger charge is 2.17. The largest absolute Gasteiger partial charge is 0.372 e. The Hall–Kier alpha value is -1.60. The molecule has 2 aromatic carbocycles. The maximum Gasteiger partial charge on any atom is 0.0724 e. The van der Waals surface area contributed by atoms with Crippen LogP contribution in [0.4, 0.5) is 0 Å². The average Bonchev–Trinajstić information content (AvgIpc) is 2.37. The molecule has 0 amide bonds. The smallest absolute Gasteiger partial charge is 0.0724 e. The molecule has 0 N–H and O–H groups in total. The lowest BCUT2D eigenvalue weighted by Crippen LogP contribution is -2.09. The Morgan fingerprint density at radius 3 is 1.82 bits per heavy atom. The van der Waals surface area contributed by atoms with Gasteiger partial charge in [-0.3, -0.25) is 0 Å². The lowest BCUT2D eigenvalue weighted by molar-refractivity contribution is 0.104. The third-order valence-corrected chi connectivity index (χ3v) is 3.56. The van der Waals surface area contributed by atoms with Crippen LogP contribution in [-0.2, 0) is 18.0 Å². The summed E-state index contributed by atoms with van der Waals surface area (Å²) in [4.78, 5) is 0. The molecule has 1 aliphatic rings. The monoisotopic (exact) mass is 224 g/mol. The minimum absolute atomic E-state index is 0.450. The second kappa shape index (κ2) is 4.34. The fraction of sp³-hybridized carbons (Fsp3) is 0.250. The fourth-order valence-electron chi connectivity index (χ4n) is 2.61. The van der Waals surface area contributed by atoms with Crippen LogP contribution in [0.3, 0.4) is 0 Å². The van der Waals surface area contributed by atoms with Gasteiger partial charge in [0.1, 0.15) is 0 Å². The molecule has 0 aromatic heterocycles. The highest BCUT2D eigenvalue weighted by molar-refractivity contribution is 5.41. The average molecular weight is 224 g/mol. The molecule has 0 atom stereocenters. The molecule has 1 heterocycles. The van der Waals surface area contributed by atoms with Crippen molar-refractivity contribution < 1.29 is 4.74 Å². The minimum Gasteiger partial charge on any atom is -0.372 e. The molecular formula is C16H16O. The van der Waals surface area contributed by atoms with Gasteiger partial charge in [-0.15, -0.1) is 0 Å². The van der Waals surface area contributed by atoms with E-state index < -0.39 is 0 Å². The van der Waals surface area contributed by atoms with Crippen molar-refractivity contribution in [3.05, 3.63) is 70.8 Å². The van der Waals surface area contributed by atoms with Crippen molar-refractivity contribution in [2.45, 2.75) is 26.1 Å². The van der Waals surface area contributed by atoms with Crippen LogP contribution in [-0.4, -0.2) is 0 Å². The Morgan fingerprint density at radius 1 is 0.824 bits per heavy atom. The quantitative estimate of drug-likeness (QED) is 0.660. The molecule has 0 aliphatic carbocycles. The van der Waals surface area contributed by atoms with Gasteiger partial charge in [-0.2, -0.15) is 0 Å². The second-order valence-corrected chi connectivity index (χ2v) is 4.61. The Balaban J connectivity index is 2.15. The third kappa shape index (κ3) is 1.87. The molecular weight excluding hydrogens is 208 g/mol.